The Hall–Kier alpha value is -2.85. The first-order valence-electron chi connectivity index (χ1n) is 11.1. The molecule has 1 aromatic carbocycles. The molecule has 0 atom stereocenters. The Kier molecular flexibility index (Phi) is 6.37. The summed E-state index contributed by atoms with van der Waals surface area (Å²) in [6.07, 6.45) is 4.47. The van der Waals surface area contributed by atoms with Gasteiger partial charge in [0.1, 0.15) is 4.90 Å². The van der Waals surface area contributed by atoms with Crippen molar-refractivity contribution in [2.45, 2.75) is 17.5 Å². The maximum absolute atomic E-state index is 12.6. The summed E-state index contributed by atoms with van der Waals surface area (Å²) in [5.41, 5.74) is 3.37. The second-order valence-electron chi connectivity index (χ2n) is 8.42. The van der Waals surface area contributed by atoms with E-state index in [2.05, 4.69) is 36.6 Å². The first-order valence-corrected chi connectivity index (χ1v) is 12.6. The summed E-state index contributed by atoms with van der Waals surface area (Å²) >= 11 is 0. The van der Waals surface area contributed by atoms with E-state index in [9.17, 15) is 8.42 Å². The summed E-state index contributed by atoms with van der Waals surface area (Å²) < 4.78 is 33.1. The van der Waals surface area contributed by atoms with Gasteiger partial charge in [-0.3, -0.25) is 24.5 Å². The highest BCUT2D eigenvalue weighted by atomic mass is 32.2. The Morgan fingerprint density at radius 1 is 1.00 bits per heavy atom. The number of nitrogens with one attached hydrogen (secondary N) is 1. The van der Waals surface area contributed by atoms with Crippen LogP contribution in [-0.2, 0) is 21.3 Å². The third-order valence-corrected chi connectivity index (χ3v) is 7.52. The summed E-state index contributed by atoms with van der Waals surface area (Å²) in [6, 6.07) is 15.4. The van der Waals surface area contributed by atoms with Crippen molar-refractivity contribution < 1.29 is 13.2 Å². The standard InChI is InChI=1S/C24H27N5O3S/c30-33(31,23-2-1-8-25-15-23)27-21-7-9-26-24(14-21)20-5-3-19(4-6-20)16-28-10-12-29(13-11-28)22-17-32-18-22/h1-9,14-15,22H,10-13,16-18H2,(H,26,27). The van der Waals surface area contributed by atoms with Gasteiger partial charge in [0, 0.05) is 56.9 Å². The third-order valence-electron chi connectivity index (χ3n) is 6.16. The van der Waals surface area contributed by atoms with Crippen molar-refractivity contribution in [1.82, 2.24) is 19.8 Å². The molecule has 1 N–H and O–H groups in total. The zero-order chi connectivity index (χ0) is 22.7. The number of sulfonamides is 1. The lowest BCUT2D eigenvalue weighted by atomic mass is 10.1. The van der Waals surface area contributed by atoms with Crippen LogP contribution in [0.25, 0.3) is 11.3 Å². The van der Waals surface area contributed by atoms with E-state index >= 15 is 0 Å². The molecule has 0 unspecified atom stereocenters. The van der Waals surface area contributed by atoms with Crippen molar-refractivity contribution in [3.05, 3.63) is 72.7 Å². The number of piperazine rings is 1. The van der Waals surface area contributed by atoms with Crippen LogP contribution in [0.1, 0.15) is 5.56 Å². The quantitative estimate of drug-likeness (QED) is 0.574. The van der Waals surface area contributed by atoms with E-state index in [1.807, 2.05) is 12.1 Å². The first kappa shape index (κ1) is 22.0. The Morgan fingerprint density at radius 2 is 1.79 bits per heavy atom. The Labute approximate surface area is 194 Å². The van der Waals surface area contributed by atoms with Gasteiger partial charge in [0.25, 0.3) is 10.0 Å². The fourth-order valence-corrected chi connectivity index (χ4v) is 5.14. The molecule has 3 aromatic rings. The maximum atomic E-state index is 12.6. The minimum atomic E-state index is -3.70. The summed E-state index contributed by atoms with van der Waals surface area (Å²) in [7, 11) is -3.70. The molecule has 0 bridgehead atoms. The molecule has 2 aliphatic rings. The van der Waals surface area contributed by atoms with E-state index in [4.69, 9.17) is 4.74 Å². The number of ether oxygens (including phenoxy) is 1. The third kappa shape index (κ3) is 5.22. The van der Waals surface area contributed by atoms with Crippen LogP contribution in [0.15, 0.2) is 72.0 Å². The van der Waals surface area contributed by atoms with Crippen LogP contribution in [0.3, 0.4) is 0 Å². The molecule has 172 valence electrons. The highest BCUT2D eigenvalue weighted by Crippen LogP contribution is 2.23. The van der Waals surface area contributed by atoms with Crippen molar-refractivity contribution in [3.63, 3.8) is 0 Å². The number of hydrogen-bond donors (Lipinski definition) is 1. The number of rotatable bonds is 7. The first-order chi connectivity index (χ1) is 16.1. The molecule has 0 radical (unpaired) electrons. The predicted molar refractivity (Wildman–Crippen MR) is 126 cm³/mol. The number of nitrogens with zero attached hydrogens (tertiary/aromatic N) is 4. The molecule has 33 heavy (non-hydrogen) atoms. The van der Waals surface area contributed by atoms with Gasteiger partial charge < -0.3 is 4.74 Å². The molecule has 0 spiro atoms. The molecule has 2 saturated heterocycles. The van der Waals surface area contributed by atoms with E-state index < -0.39 is 10.0 Å². The minimum absolute atomic E-state index is 0.120. The number of hydrogen-bond acceptors (Lipinski definition) is 7. The van der Waals surface area contributed by atoms with Gasteiger partial charge in [0.15, 0.2) is 0 Å². The summed E-state index contributed by atoms with van der Waals surface area (Å²) in [5.74, 6) is 0. The van der Waals surface area contributed by atoms with Crippen LogP contribution in [0.2, 0.25) is 0 Å². The number of pyridine rings is 2. The smallest absolute Gasteiger partial charge is 0.263 e. The van der Waals surface area contributed by atoms with Gasteiger partial charge in [-0.25, -0.2) is 8.42 Å². The van der Waals surface area contributed by atoms with Crippen LogP contribution in [0.4, 0.5) is 5.69 Å². The Balaban J connectivity index is 1.21. The predicted octanol–water partition coefficient (Wildman–Crippen LogP) is 2.46. The van der Waals surface area contributed by atoms with Crippen molar-refractivity contribution in [2.24, 2.45) is 0 Å². The number of anilines is 1. The largest absolute Gasteiger partial charge is 0.378 e. The van der Waals surface area contributed by atoms with Gasteiger partial charge in [-0.2, -0.15) is 0 Å². The molecule has 9 heteroatoms. The highest BCUT2D eigenvalue weighted by Gasteiger charge is 2.28. The zero-order valence-electron chi connectivity index (χ0n) is 18.3. The summed E-state index contributed by atoms with van der Waals surface area (Å²) in [6.45, 7) is 7.00. The van der Waals surface area contributed by atoms with Gasteiger partial charge >= 0.3 is 0 Å². The van der Waals surface area contributed by atoms with Gasteiger partial charge in [-0.05, 0) is 29.8 Å². The Morgan fingerprint density at radius 3 is 2.45 bits per heavy atom. The van der Waals surface area contributed by atoms with Crippen molar-refractivity contribution >= 4 is 15.7 Å². The molecule has 0 saturated carbocycles. The van der Waals surface area contributed by atoms with E-state index in [0.717, 1.165) is 51.5 Å². The second-order valence-corrected chi connectivity index (χ2v) is 10.1. The molecular weight excluding hydrogens is 438 g/mol. The van der Waals surface area contributed by atoms with Gasteiger partial charge in [-0.1, -0.05) is 24.3 Å². The molecule has 5 rings (SSSR count). The summed E-state index contributed by atoms with van der Waals surface area (Å²) in [4.78, 5) is 13.4. The van der Waals surface area contributed by atoms with Crippen LogP contribution in [0.5, 0.6) is 0 Å². The zero-order valence-corrected chi connectivity index (χ0v) is 19.1. The van der Waals surface area contributed by atoms with E-state index in [1.54, 1.807) is 24.4 Å². The van der Waals surface area contributed by atoms with E-state index in [-0.39, 0.29) is 4.90 Å². The van der Waals surface area contributed by atoms with E-state index in [0.29, 0.717) is 17.4 Å². The van der Waals surface area contributed by atoms with Crippen LogP contribution in [0, 0.1) is 0 Å². The molecule has 2 aromatic heterocycles. The van der Waals surface area contributed by atoms with Gasteiger partial charge in [0.05, 0.1) is 30.6 Å². The SMILES string of the molecule is O=S(=O)(Nc1ccnc(-c2ccc(CN3CCN(C4COC4)CC3)cc2)c1)c1cccnc1. The van der Waals surface area contributed by atoms with Crippen molar-refractivity contribution in [3.8, 4) is 11.3 Å². The minimum Gasteiger partial charge on any atom is -0.378 e. The average molecular weight is 466 g/mol. The number of aromatic nitrogens is 2. The van der Waals surface area contributed by atoms with Gasteiger partial charge in [-0.15, -0.1) is 0 Å². The van der Waals surface area contributed by atoms with Gasteiger partial charge in [0.2, 0.25) is 0 Å². The molecular formula is C24H27N5O3S. The lowest BCUT2D eigenvalue weighted by Gasteiger charge is -2.42. The second kappa shape index (κ2) is 9.56. The molecule has 4 heterocycles. The lowest BCUT2D eigenvalue weighted by Crippen LogP contribution is -2.56. The monoisotopic (exact) mass is 465 g/mol. The van der Waals surface area contributed by atoms with Crippen LogP contribution < -0.4 is 4.72 Å². The molecule has 0 aliphatic carbocycles. The van der Waals surface area contributed by atoms with Crippen LogP contribution >= 0.6 is 0 Å². The normalized spacial score (nSPS) is 18.1. The van der Waals surface area contributed by atoms with Crippen molar-refractivity contribution in [2.75, 3.05) is 44.1 Å². The molecule has 2 fully saturated rings. The van der Waals surface area contributed by atoms with Crippen molar-refractivity contribution in [1.29, 1.82) is 0 Å². The average Bonchev–Trinajstić information content (AvgIpc) is 2.80. The summed E-state index contributed by atoms with van der Waals surface area (Å²) in [5, 5.41) is 0. The topological polar surface area (TPSA) is 87.7 Å². The fraction of sp³-hybridized carbons (Fsp3) is 0.333. The Bertz CT molecular complexity index is 1180. The lowest BCUT2D eigenvalue weighted by molar-refractivity contribution is -0.0774. The molecule has 8 nitrogen and oxygen atoms in total. The molecule has 0 amide bonds. The molecule has 2 aliphatic heterocycles. The number of benzene rings is 1. The fourth-order valence-electron chi connectivity index (χ4n) is 4.13. The maximum Gasteiger partial charge on any atom is 0.263 e. The van der Waals surface area contributed by atoms with E-state index in [1.165, 1.54) is 24.0 Å². The van der Waals surface area contributed by atoms with Crippen LogP contribution in [-0.4, -0.2) is 73.6 Å². The highest BCUT2D eigenvalue weighted by molar-refractivity contribution is 7.92.